The van der Waals surface area contributed by atoms with E-state index in [1.165, 1.54) is 5.69 Å². The molecule has 0 N–H and O–H groups in total. The number of carbonyl (C=O) groups excluding carboxylic acids is 1. The molecule has 144 valence electrons. The van der Waals surface area contributed by atoms with Gasteiger partial charge < -0.3 is 9.80 Å². The van der Waals surface area contributed by atoms with Crippen LogP contribution in [0.15, 0.2) is 30.3 Å². The van der Waals surface area contributed by atoms with E-state index in [9.17, 15) is 13.2 Å². The van der Waals surface area contributed by atoms with Crippen molar-refractivity contribution >= 4 is 21.4 Å². The number of sulfone groups is 1. The van der Waals surface area contributed by atoms with Gasteiger partial charge in [-0.15, -0.1) is 0 Å². The summed E-state index contributed by atoms with van der Waals surface area (Å²) >= 11 is 0. The molecule has 26 heavy (non-hydrogen) atoms. The Bertz CT molecular complexity index is 700. The maximum Gasteiger partial charge on any atom is 0.224 e. The SMILES string of the molecule is CCN(C(=O)CCN1CCN(c2ccccc2)CC1)C1CCS(=O)(=O)C1. The predicted octanol–water partition coefficient (Wildman–Crippen LogP) is 1.23. The summed E-state index contributed by atoms with van der Waals surface area (Å²) in [6.07, 6.45) is 1.05. The zero-order valence-corrected chi connectivity index (χ0v) is 16.3. The van der Waals surface area contributed by atoms with E-state index in [-0.39, 0.29) is 23.5 Å². The Hall–Kier alpha value is -1.60. The highest BCUT2D eigenvalue weighted by atomic mass is 32.2. The van der Waals surface area contributed by atoms with Crippen LogP contribution in [0.25, 0.3) is 0 Å². The number of hydrogen-bond acceptors (Lipinski definition) is 5. The smallest absolute Gasteiger partial charge is 0.224 e. The standard InChI is InChI=1S/C19H29N3O3S/c1-2-22(18-9-15-26(24,25)16-18)19(23)8-10-20-11-13-21(14-12-20)17-6-4-3-5-7-17/h3-7,18H,2,8-16H2,1H3. The third kappa shape index (κ3) is 4.76. The summed E-state index contributed by atoms with van der Waals surface area (Å²) in [6, 6.07) is 10.3. The fourth-order valence-electron chi connectivity index (χ4n) is 3.93. The number of piperazine rings is 1. The second-order valence-electron chi connectivity index (χ2n) is 7.15. The number of anilines is 1. The molecule has 0 radical (unpaired) electrons. The van der Waals surface area contributed by atoms with Crippen molar-refractivity contribution in [2.24, 2.45) is 0 Å². The lowest BCUT2D eigenvalue weighted by atomic mass is 10.2. The van der Waals surface area contributed by atoms with Gasteiger partial charge in [-0.2, -0.15) is 0 Å². The number of nitrogens with zero attached hydrogens (tertiary/aromatic N) is 3. The molecule has 1 aromatic rings. The number of para-hydroxylation sites is 1. The lowest BCUT2D eigenvalue weighted by molar-refractivity contribution is -0.133. The van der Waals surface area contributed by atoms with Gasteiger partial charge >= 0.3 is 0 Å². The molecular formula is C19H29N3O3S. The zero-order chi connectivity index (χ0) is 18.6. The van der Waals surface area contributed by atoms with Crippen molar-refractivity contribution in [2.45, 2.75) is 25.8 Å². The van der Waals surface area contributed by atoms with Crippen molar-refractivity contribution in [2.75, 3.05) is 55.7 Å². The van der Waals surface area contributed by atoms with Gasteiger partial charge in [0, 0.05) is 57.4 Å². The summed E-state index contributed by atoms with van der Waals surface area (Å²) in [7, 11) is -2.96. The summed E-state index contributed by atoms with van der Waals surface area (Å²) < 4.78 is 23.4. The van der Waals surface area contributed by atoms with Crippen LogP contribution in [0.5, 0.6) is 0 Å². The normalized spacial score (nSPS) is 23.1. The minimum absolute atomic E-state index is 0.0834. The number of rotatable bonds is 6. The minimum atomic E-state index is -2.96. The van der Waals surface area contributed by atoms with E-state index in [0.29, 0.717) is 19.4 Å². The second-order valence-corrected chi connectivity index (χ2v) is 9.38. The van der Waals surface area contributed by atoms with E-state index in [1.807, 2.05) is 13.0 Å². The quantitative estimate of drug-likeness (QED) is 0.744. The molecule has 2 aliphatic rings. The summed E-state index contributed by atoms with van der Waals surface area (Å²) in [6.45, 7) is 7.10. The molecule has 1 amide bonds. The van der Waals surface area contributed by atoms with E-state index in [4.69, 9.17) is 0 Å². The first kappa shape index (κ1) is 19.2. The van der Waals surface area contributed by atoms with Gasteiger partial charge in [0.25, 0.3) is 0 Å². The third-order valence-electron chi connectivity index (χ3n) is 5.45. The second kappa shape index (κ2) is 8.39. The van der Waals surface area contributed by atoms with E-state index in [1.54, 1.807) is 4.90 Å². The molecule has 2 heterocycles. The van der Waals surface area contributed by atoms with Crippen LogP contribution < -0.4 is 4.90 Å². The Morgan fingerprint density at radius 3 is 2.42 bits per heavy atom. The number of amides is 1. The van der Waals surface area contributed by atoms with E-state index < -0.39 is 9.84 Å². The molecular weight excluding hydrogens is 350 g/mol. The molecule has 0 spiro atoms. The molecule has 2 saturated heterocycles. The third-order valence-corrected chi connectivity index (χ3v) is 7.20. The highest BCUT2D eigenvalue weighted by Gasteiger charge is 2.33. The fraction of sp³-hybridized carbons (Fsp3) is 0.632. The van der Waals surface area contributed by atoms with Crippen LogP contribution in [0.1, 0.15) is 19.8 Å². The first-order valence-electron chi connectivity index (χ1n) is 9.51. The predicted molar refractivity (Wildman–Crippen MR) is 104 cm³/mol. The van der Waals surface area contributed by atoms with Crippen LogP contribution >= 0.6 is 0 Å². The maximum absolute atomic E-state index is 12.6. The van der Waals surface area contributed by atoms with Crippen LogP contribution in [0.2, 0.25) is 0 Å². The van der Waals surface area contributed by atoms with Gasteiger partial charge in [0.2, 0.25) is 5.91 Å². The van der Waals surface area contributed by atoms with E-state index >= 15 is 0 Å². The molecule has 6 nitrogen and oxygen atoms in total. The molecule has 1 atom stereocenters. The summed E-state index contributed by atoms with van der Waals surface area (Å²) in [4.78, 5) is 19.1. The Morgan fingerprint density at radius 1 is 1.15 bits per heavy atom. The molecule has 3 rings (SSSR count). The maximum atomic E-state index is 12.6. The number of benzene rings is 1. The Labute approximate surface area is 156 Å². The van der Waals surface area contributed by atoms with Gasteiger partial charge in [0.1, 0.15) is 0 Å². The van der Waals surface area contributed by atoms with Gasteiger partial charge in [-0.25, -0.2) is 8.42 Å². The molecule has 0 aromatic heterocycles. The molecule has 2 fully saturated rings. The van der Waals surface area contributed by atoms with Crippen LogP contribution in [0, 0.1) is 0 Å². The lowest BCUT2D eigenvalue weighted by Gasteiger charge is -2.36. The van der Waals surface area contributed by atoms with Gasteiger partial charge in [-0.3, -0.25) is 9.69 Å². The van der Waals surface area contributed by atoms with Gasteiger partial charge in [-0.1, -0.05) is 18.2 Å². The largest absolute Gasteiger partial charge is 0.369 e. The van der Waals surface area contributed by atoms with Crippen LogP contribution in [-0.2, 0) is 14.6 Å². The lowest BCUT2D eigenvalue weighted by Crippen LogP contribution is -2.48. The highest BCUT2D eigenvalue weighted by molar-refractivity contribution is 7.91. The average molecular weight is 380 g/mol. The van der Waals surface area contributed by atoms with Crippen LogP contribution in [0.3, 0.4) is 0 Å². The molecule has 1 unspecified atom stereocenters. The van der Waals surface area contributed by atoms with Crippen molar-refractivity contribution < 1.29 is 13.2 Å². The first-order chi connectivity index (χ1) is 12.5. The van der Waals surface area contributed by atoms with Crippen LogP contribution in [-0.4, -0.2) is 80.9 Å². The highest BCUT2D eigenvalue weighted by Crippen LogP contribution is 2.19. The minimum Gasteiger partial charge on any atom is -0.369 e. The molecule has 2 aliphatic heterocycles. The first-order valence-corrected chi connectivity index (χ1v) is 11.3. The van der Waals surface area contributed by atoms with E-state index in [0.717, 1.165) is 32.7 Å². The number of hydrogen-bond donors (Lipinski definition) is 0. The van der Waals surface area contributed by atoms with Crippen molar-refractivity contribution in [3.05, 3.63) is 30.3 Å². The molecule has 1 aromatic carbocycles. The Kier molecular flexibility index (Phi) is 6.19. The molecule has 0 saturated carbocycles. The zero-order valence-electron chi connectivity index (χ0n) is 15.5. The average Bonchev–Trinajstić information content (AvgIpc) is 3.01. The van der Waals surface area contributed by atoms with Gasteiger partial charge in [-0.05, 0) is 25.5 Å². The molecule has 0 aliphatic carbocycles. The van der Waals surface area contributed by atoms with Gasteiger partial charge in [0.15, 0.2) is 9.84 Å². The van der Waals surface area contributed by atoms with Crippen molar-refractivity contribution in [3.63, 3.8) is 0 Å². The molecule has 0 bridgehead atoms. The van der Waals surface area contributed by atoms with E-state index in [2.05, 4.69) is 34.1 Å². The van der Waals surface area contributed by atoms with Gasteiger partial charge in [0.05, 0.1) is 11.5 Å². The van der Waals surface area contributed by atoms with Crippen molar-refractivity contribution in [3.8, 4) is 0 Å². The summed E-state index contributed by atoms with van der Waals surface area (Å²) in [5.74, 6) is 0.422. The monoisotopic (exact) mass is 379 g/mol. The summed E-state index contributed by atoms with van der Waals surface area (Å²) in [5, 5.41) is 0. The Balaban J connectivity index is 1.45. The van der Waals surface area contributed by atoms with Crippen molar-refractivity contribution in [1.82, 2.24) is 9.80 Å². The topological polar surface area (TPSA) is 60.9 Å². The molecule has 7 heteroatoms. The Morgan fingerprint density at radius 2 is 1.85 bits per heavy atom. The number of carbonyl (C=O) groups is 1. The fourth-order valence-corrected chi connectivity index (χ4v) is 5.66. The van der Waals surface area contributed by atoms with Crippen molar-refractivity contribution in [1.29, 1.82) is 0 Å². The van der Waals surface area contributed by atoms with Crippen LogP contribution in [0.4, 0.5) is 5.69 Å². The summed E-state index contributed by atoms with van der Waals surface area (Å²) in [5.41, 5.74) is 1.25.